The number of nitrogens with zero attached hydrogens (tertiary/aromatic N) is 1. The Morgan fingerprint density at radius 2 is 2.15 bits per heavy atom. The fraction of sp³-hybridized carbons (Fsp3) is 0.667. The number of carbonyl (C=O) groups excluding carboxylic acids is 1. The molecule has 2 aliphatic rings. The first-order chi connectivity index (χ1) is 9.60. The third-order valence-corrected chi connectivity index (χ3v) is 6.67. The smallest absolute Gasteiger partial charge is 0.230 e. The third-order valence-electron chi connectivity index (χ3n) is 4.86. The summed E-state index contributed by atoms with van der Waals surface area (Å²) in [4.78, 5) is 15.8. The minimum absolute atomic E-state index is 0.0120. The third kappa shape index (κ3) is 2.81. The van der Waals surface area contributed by atoms with Gasteiger partial charge in [-0.1, -0.05) is 0 Å². The van der Waals surface area contributed by atoms with Crippen LogP contribution in [0.15, 0.2) is 15.9 Å². The minimum atomic E-state index is -0.0120. The van der Waals surface area contributed by atoms with Gasteiger partial charge in [-0.2, -0.15) is 0 Å². The molecule has 0 aliphatic carbocycles. The highest BCUT2D eigenvalue weighted by Crippen LogP contribution is 2.38. The highest BCUT2D eigenvalue weighted by Gasteiger charge is 2.38. The van der Waals surface area contributed by atoms with Gasteiger partial charge in [0.2, 0.25) is 5.91 Å². The average Bonchev–Trinajstić information content (AvgIpc) is 3.08. The van der Waals surface area contributed by atoms with E-state index in [9.17, 15) is 4.79 Å². The van der Waals surface area contributed by atoms with Crippen LogP contribution in [0.4, 0.5) is 0 Å². The molecule has 1 amide bonds. The molecule has 5 heteroatoms. The first-order valence-electron chi connectivity index (χ1n) is 7.34. The van der Waals surface area contributed by atoms with Crippen molar-refractivity contribution in [1.29, 1.82) is 0 Å². The Balaban J connectivity index is 1.61. The van der Waals surface area contributed by atoms with Crippen LogP contribution in [-0.4, -0.2) is 37.0 Å². The van der Waals surface area contributed by atoms with Crippen molar-refractivity contribution in [2.45, 2.75) is 32.1 Å². The van der Waals surface area contributed by atoms with Gasteiger partial charge in [0.25, 0.3) is 0 Å². The lowest BCUT2D eigenvalue weighted by atomic mass is 9.77. The zero-order chi connectivity index (χ0) is 14.2. The van der Waals surface area contributed by atoms with Gasteiger partial charge in [-0.05, 0) is 66.2 Å². The van der Waals surface area contributed by atoms with E-state index in [1.807, 2.05) is 13.0 Å². The number of likely N-dealkylation sites (tertiary alicyclic amines) is 1. The first-order valence-corrected chi connectivity index (χ1v) is 8.95. The molecule has 20 heavy (non-hydrogen) atoms. The second-order valence-electron chi connectivity index (χ2n) is 6.12. The highest BCUT2D eigenvalue weighted by molar-refractivity contribution is 9.11. The molecule has 1 aromatic rings. The number of rotatable bonds is 2. The van der Waals surface area contributed by atoms with Crippen LogP contribution >= 0.6 is 27.3 Å². The van der Waals surface area contributed by atoms with Crippen molar-refractivity contribution in [3.8, 4) is 0 Å². The number of piperidine rings is 1. The average molecular weight is 357 g/mol. The molecule has 1 aromatic heterocycles. The van der Waals surface area contributed by atoms with Crippen molar-refractivity contribution in [3.05, 3.63) is 20.8 Å². The van der Waals surface area contributed by atoms with Gasteiger partial charge in [-0.15, -0.1) is 11.3 Å². The van der Waals surface area contributed by atoms with E-state index in [0.29, 0.717) is 11.3 Å². The molecule has 0 bridgehead atoms. The van der Waals surface area contributed by atoms with E-state index >= 15 is 0 Å². The van der Waals surface area contributed by atoms with Crippen LogP contribution in [0.5, 0.6) is 0 Å². The largest absolute Gasteiger partial charge is 0.342 e. The lowest BCUT2D eigenvalue weighted by Crippen LogP contribution is -2.45. The van der Waals surface area contributed by atoms with Crippen molar-refractivity contribution < 1.29 is 4.79 Å². The second-order valence-corrected chi connectivity index (χ2v) is 8.61. The molecule has 2 saturated heterocycles. The van der Waals surface area contributed by atoms with Gasteiger partial charge < -0.3 is 10.2 Å². The van der Waals surface area contributed by atoms with Gasteiger partial charge in [0.15, 0.2) is 0 Å². The monoisotopic (exact) mass is 356 g/mol. The second kappa shape index (κ2) is 5.78. The maximum absolute atomic E-state index is 12.6. The number of thiophene rings is 1. The summed E-state index contributed by atoms with van der Waals surface area (Å²) < 4.78 is 1.10. The number of carbonyl (C=O) groups is 1. The topological polar surface area (TPSA) is 32.3 Å². The van der Waals surface area contributed by atoms with E-state index in [2.05, 4.69) is 32.2 Å². The molecule has 2 aliphatic heterocycles. The number of halogens is 1. The van der Waals surface area contributed by atoms with Gasteiger partial charge in [0.1, 0.15) is 0 Å². The standard InChI is InChI=1S/C15H21BrN2OS/c1-11(12-2-3-13(16)20-12)14(19)18-8-5-15(6-9-18)4-7-17-10-15/h2-3,11,17H,4-10H2,1H3. The van der Waals surface area contributed by atoms with E-state index < -0.39 is 0 Å². The predicted octanol–water partition coefficient (Wildman–Crippen LogP) is 3.22. The summed E-state index contributed by atoms with van der Waals surface area (Å²) in [5.41, 5.74) is 0.478. The zero-order valence-corrected chi connectivity index (χ0v) is 14.2. The molecule has 0 aromatic carbocycles. The molecule has 0 saturated carbocycles. The fourth-order valence-electron chi connectivity index (χ4n) is 3.38. The van der Waals surface area contributed by atoms with Crippen molar-refractivity contribution in [3.63, 3.8) is 0 Å². The summed E-state index contributed by atoms with van der Waals surface area (Å²) in [7, 11) is 0. The lowest BCUT2D eigenvalue weighted by molar-refractivity contribution is -0.134. The summed E-state index contributed by atoms with van der Waals surface area (Å²) in [6.45, 7) is 6.17. The molecule has 1 N–H and O–H groups in total. The Labute approximate surface area is 132 Å². The molecule has 0 radical (unpaired) electrons. The summed E-state index contributed by atoms with van der Waals surface area (Å²) >= 11 is 5.14. The van der Waals surface area contributed by atoms with Crippen molar-refractivity contribution >= 4 is 33.2 Å². The maximum Gasteiger partial charge on any atom is 0.230 e. The number of nitrogens with one attached hydrogen (secondary N) is 1. The summed E-state index contributed by atoms with van der Waals surface area (Å²) in [6.07, 6.45) is 3.60. The Kier molecular flexibility index (Phi) is 4.20. The first kappa shape index (κ1) is 14.5. The molecular formula is C15H21BrN2OS. The zero-order valence-electron chi connectivity index (χ0n) is 11.8. The molecule has 1 unspecified atom stereocenters. The Hall–Kier alpha value is -0.390. The van der Waals surface area contributed by atoms with Crippen LogP contribution < -0.4 is 5.32 Å². The van der Waals surface area contributed by atoms with Crippen LogP contribution in [0.2, 0.25) is 0 Å². The number of hydrogen-bond donors (Lipinski definition) is 1. The van der Waals surface area contributed by atoms with Gasteiger partial charge in [-0.25, -0.2) is 0 Å². The number of hydrogen-bond acceptors (Lipinski definition) is 3. The molecule has 3 heterocycles. The van der Waals surface area contributed by atoms with E-state index in [1.54, 1.807) is 11.3 Å². The fourth-order valence-corrected chi connectivity index (χ4v) is 4.85. The summed E-state index contributed by atoms with van der Waals surface area (Å²) in [5, 5.41) is 3.47. The van der Waals surface area contributed by atoms with Crippen molar-refractivity contribution in [2.75, 3.05) is 26.2 Å². The minimum Gasteiger partial charge on any atom is -0.342 e. The summed E-state index contributed by atoms with van der Waals surface area (Å²) in [5.74, 6) is 0.280. The quantitative estimate of drug-likeness (QED) is 0.882. The van der Waals surface area contributed by atoms with E-state index in [4.69, 9.17) is 0 Å². The van der Waals surface area contributed by atoms with Crippen LogP contribution in [0, 0.1) is 5.41 Å². The Morgan fingerprint density at radius 1 is 1.40 bits per heavy atom. The predicted molar refractivity (Wildman–Crippen MR) is 86.2 cm³/mol. The molecule has 1 spiro atoms. The van der Waals surface area contributed by atoms with Gasteiger partial charge in [-0.3, -0.25) is 4.79 Å². The van der Waals surface area contributed by atoms with Gasteiger partial charge in [0.05, 0.1) is 9.70 Å². The maximum atomic E-state index is 12.6. The molecule has 3 nitrogen and oxygen atoms in total. The summed E-state index contributed by atoms with van der Waals surface area (Å²) in [6, 6.07) is 4.09. The number of amides is 1. The molecular weight excluding hydrogens is 336 g/mol. The molecule has 3 rings (SSSR count). The SMILES string of the molecule is CC(C(=O)N1CCC2(CCNC2)CC1)c1ccc(Br)s1. The van der Waals surface area contributed by atoms with Crippen molar-refractivity contribution in [1.82, 2.24) is 10.2 Å². The van der Waals surface area contributed by atoms with Gasteiger partial charge >= 0.3 is 0 Å². The van der Waals surface area contributed by atoms with E-state index in [1.165, 1.54) is 6.42 Å². The lowest BCUT2D eigenvalue weighted by Gasteiger charge is -2.39. The molecule has 110 valence electrons. The normalized spacial score (nSPS) is 23.2. The van der Waals surface area contributed by atoms with E-state index in [-0.39, 0.29) is 5.92 Å². The van der Waals surface area contributed by atoms with Gasteiger partial charge in [0, 0.05) is 24.5 Å². The van der Waals surface area contributed by atoms with Crippen LogP contribution in [0.1, 0.15) is 37.0 Å². The molecule has 1 atom stereocenters. The van der Waals surface area contributed by atoms with E-state index in [0.717, 1.165) is 47.7 Å². The van der Waals surface area contributed by atoms with Crippen molar-refractivity contribution in [2.24, 2.45) is 5.41 Å². The van der Waals surface area contributed by atoms with Crippen LogP contribution in [0.25, 0.3) is 0 Å². The Bertz CT molecular complexity index is 486. The molecule has 2 fully saturated rings. The Morgan fingerprint density at radius 3 is 2.70 bits per heavy atom. The highest BCUT2D eigenvalue weighted by atomic mass is 79.9. The van der Waals surface area contributed by atoms with Crippen LogP contribution in [-0.2, 0) is 4.79 Å². The van der Waals surface area contributed by atoms with Crippen LogP contribution in [0.3, 0.4) is 0 Å².